The predicted molar refractivity (Wildman–Crippen MR) is 57.9 cm³/mol. The van der Waals surface area contributed by atoms with E-state index < -0.39 is 5.60 Å². The molecule has 0 aliphatic heterocycles. The van der Waals surface area contributed by atoms with E-state index in [1.807, 2.05) is 24.3 Å². The van der Waals surface area contributed by atoms with E-state index in [1.165, 1.54) is 0 Å². The summed E-state index contributed by atoms with van der Waals surface area (Å²) in [6.45, 7) is 3.47. The standard InChI is InChI=1S/C11H15ClO2/c1-8(12)11(2,13)9-4-6-10(14-3)7-5-9/h4-8,13H,1-3H3. The van der Waals surface area contributed by atoms with Crippen LogP contribution in [0.3, 0.4) is 0 Å². The number of hydrogen-bond acceptors (Lipinski definition) is 2. The second kappa shape index (κ2) is 4.20. The molecule has 0 aliphatic carbocycles. The number of ether oxygens (including phenoxy) is 1. The van der Waals surface area contributed by atoms with Crippen molar-refractivity contribution >= 4 is 11.6 Å². The molecule has 2 unspecified atom stereocenters. The summed E-state index contributed by atoms with van der Waals surface area (Å²) < 4.78 is 5.03. The van der Waals surface area contributed by atoms with Crippen LogP contribution >= 0.6 is 11.6 Å². The first-order chi connectivity index (χ1) is 6.48. The molecule has 1 rings (SSSR count). The minimum atomic E-state index is -1.01. The lowest BCUT2D eigenvalue weighted by Crippen LogP contribution is -2.30. The number of benzene rings is 1. The Kier molecular flexibility index (Phi) is 3.40. The normalized spacial score (nSPS) is 17.2. The number of halogens is 1. The maximum Gasteiger partial charge on any atom is 0.118 e. The van der Waals surface area contributed by atoms with Crippen LogP contribution in [0.15, 0.2) is 24.3 Å². The van der Waals surface area contributed by atoms with Crippen LogP contribution in [0.1, 0.15) is 19.4 Å². The van der Waals surface area contributed by atoms with Crippen LogP contribution in [0.5, 0.6) is 5.75 Å². The van der Waals surface area contributed by atoms with Crippen molar-refractivity contribution in [3.05, 3.63) is 29.8 Å². The molecule has 0 fully saturated rings. The minimum Gasteiger partial charge on any atom is -0.497 e. The molecule has 0 spiro atoms. The van der Waals surface area contributed by atoms with E-state index in [4.69, 9.17) is 16.3 Å². The third kappa shape index (κ3) is 2.20. The lowest BCUT2D eigenvalue weighted by atomic mass is 9.93. The lowest BCUT2D eigenvalue weighted by molar-refractivity contribution is 0.0570. The van der Waals surface area contributed by atoms with Crippen molar-refractivity contribution in [1.29, 1.82) is 0 Å². The Morgan fingerprint density at radius 3 is 2.21 bits per heavy atom. The fourth-order valence-corrected chi connectivity index (χ4v) is 1.28. The summed E-state index contributed by atoms with van der Waals surface area (Å²) in [5.41, 5.74) is -0.214. The maximum atomic E-state index is 10.1. The smallest absolute Gasteiger partial charge is 0.118 e. The van der Waals surface area contributed by atoms with Gasteiger partial charge in [0, 0.05) is 0 Å². The van der Waals surface area contributed by atoms with Crippen LogP contribution in [-0.2, 0) is 5.60 Å². The first-order valence-electron chi connectivity index (χ1n) is 4.49. The molecule has 0 saturated carbocycles. The summed E-state index contributed by atoms with van der Waals surface area (Å²) in [6.07, 6.45) is 0. The summed E-state index contributed by atoms with van der Waals surface area (Å²) in [5.74, 6) is 0.770. The van der Waals surface area contributed by atoms with E-state index in [0.717, 1.165) is 11.3 Å². The van der Waals surface area contributed by atoms with Gasteiger partial charge in [0.15, 0.2) is 0 Å². The average Bonchev–Trinajstić information content (AvgIpc) is 2.17. The van der Waals surface area contributed by atoms with Gasteiger partial charge in [0.25, 0.3) is 0 Å². The van der Waals surface area contributed by atoms with Gasteiger partial charge in [0.2, 0.25) is 0 Å². The van der Waals surface area contributed by atoms with E-state index >= 15 is 0 Å². The fourth-order valence-electron chi connectivity index (χ4n) is 1.16. The van der Waals surface area contributed by atoms with Crippen LogP contribution in [-0.4, -0.2) is 17.6 Å². The largest absolute Gasteiger partial charge is 0.497 e. The Labute approximate surface area is 89.5 Å². The first kappa shape index (κ1) is 11.3. The van der Waals surface area contributed by atoms with Crippen molar-refractivity contribution in [3.8, 4) is 5.75 Å². The van der Waals surface area contributed by atoms with Crippen LogP contribution in [0, 0.1) is 0 Å². The minimum absolute atomic E-state index is 0.337. The van der Waals surface area contributed by atoms with Gasteiger partial charge in [-0.25, -0.2) is 0 Å². The summed E-state index contributed by atoms with van der Waals surface area (Å²) in [6, 6.07) is 7.25. The first-order valence-corrected chi connectivity index (χ1v) is 4.93. The maximum absolute atomic E-state index is 10.1. The Balaban J connectivity index is 2.97. The topological polar surface area (TPSA) is 29.5 Å². The Bertz CT molecular complexity index is 291. The van der Waals surface area contributed by atoms with Gasteiger partial charge in [-0.3, -0.25) is 0 Å². The van der Waals surface area contributed by atoms with Gasteiger partial charge in [0.05, 0.1) is 12.5 Å². The van der Waals surface area contributed by atoms with Gasteiger partial charge in [-0.2, -0.15) is 0 Å². The molecule has 1 N–H and O–H groups in total. The van der Waals surface area contributed by atoms with Gasteiger partial charge in [-0.15, -0.1) is 11.6 Å². The van der Waals surface area contributed by atoms with E-state index in [0.29, 0.717) is 0 Å². The number of hydrogen-bond donors (Lipinski definition) is 1. The predicted octanol–water partition coefficient (Wildman–Crippen LogP) is 2.53. The van der Waals surface area contributed by atoms with E-state index in [1.54, 1.807) is 21.0 Å². The number of aliphatic hydroxyl groups is 1. The molecule has 0 aromatic heterocycles. The van der Waals surface area contributed by atoms with Gasteiger partial charge in [-0.05, 0) is 31.5 Å². The van der Waals surface area contributed by atoms with E-state index in [-0.39, 0.29) is 5.38 Å². The average molecular weight is 215 g/mol. The molecule has 1 aromatic rings. The third-order valence-corrected chi connectivity index (χ3v) is 2.87. The molecule has 0 aliphatic rings. The molecule has 2 atom stereocenters. The zero-order chi connectivity index (χ0) is 10.8. The summed E-state index contributed by atoms with van der Waals surface area (Å²) in [4.78, 5) is 0. The Morgan fingerprint density at radius 1 is 1.36 bits per heavy atom. The van der Waals surface area contributed by atoms with Crippen LogP contribution in [0.25, 0.3) is 0 Å². The molecule has 0 radical (unpaired) electrons. The second-order valence-corrected chi connectivity index (χ2v) is 4.15. The van der Waals surface area contributed by atoms with E-state index in [2.05, 4.69) is 0 Å². The number of rotatable bonds is 3. The lowest BCUT2D eigenvalue weighted by Gasteiger charge is -2.26. The van der Waals surface area contributed by atoms with Gasteiger partial charge >= 0.3 is 0 Å². The fraction of sp³-hybridized carbons (Fsp3) is 0.455. The zero-order valence-corrected chi connectivity index (χ0v) is 9.38. The Morgan fingerprint density at radius 2 is 1.86 bits per heavy atom. The number of alkyl halides is 1. The van der Waals surface area contributed by atoms with Crippen LogP contribution in [0.4, 0.5) is 0 Å². The van der Waals surface area contributed by atoms with Crippen molar-refractivity contribution < 1.29 is 9.84 Å². The highest BCUT2D eigenvalue weighted by atomic mass is 35.5. The monoisotopic (exact) mass is 214 g/mol. The number of methoxy groups -OCH3 is 1. The molecule has 78 valence electrons. The van der Waals surface area contributed by atoms with Crippen LogP contribution in [0.2, 0.25) is 0 Å². The molecular weight excluding hydrogens is 200 g/mol. The highest BCUT2D eigenvalue weighted by Crippen LogP contribution is 2.29. The molecule has 14 heavy (non-hydrogen) atoms. The van der Waals surface area contributed by atoms with Crippen molar-refractivity contribution in [1.82, 2.24) is 0 Å². The molecule has 1 aromatic carbocycles. The van der Waals surface area contributed by atoms with Crippen molar-refractivity contribution in [2.24, 2.45) is 0 Å². The SMILES string of the molecule is COc1ccc(C(C)(O)C(C)Cl)cc1. The highest BCUT2D eigenvalue weighted by molar-refractivity contribution is 6.21. The molecule has 0 amide bonds. The molecule has 0 bridgehead atoms. The van der Waals surface area contributed by atoms with Crippen molar-refractivity contribution in [2.45, 2.75) is 24.8 Å². The highest BCUT2D eigenvalue weighted by Gasteiger charge is 2.28. The van der Waals surface area contributed by atoms with Crippen molar-refractivity contribution in [2.75, 3.05) is 7.11 Å². The molecule has 3 heteroatoms. The summed E-state index contributed by atoms with van der Waals surface area (Å²) >= 11 is 5.90. The van der Waals surface area contributed by atoms with Crippen molar-refractivity contribution in [3.63, 3.8) is 0 Å². The zero-order valence-electron chi connectivity index (χ0n) is 8.62. The van der Waals surface area contributed by atoms with Crippen LogP contribution < -0.4 is 4.74 Å². The van der Waals surface area contributed by atoms with Gasteiger partial charge in [0.1, 0.15) is 11.4 Å². The summed E-state index contributed by atoms with van der Waals surface area (Å²) in [7, 11) is 1.61. The molecular formula is C11H15ClO2. The third-order valence-electron chi connectivity index (χ3n) is 2.45. The molecule has 0 saturated heterocycles. The van der Waals surface area contributed by atoms with E-state index in [9.17, 15) is 5.11 Å². The summed E-state index contributed by atoms with van der Waals surface area (Å²) in [5, 5.41) is 9.72. The molecule has 2 nitrogen and oxygen atoms in total. The van der Waals surface area contributed by atoms with Gasteiger partial charge in [-0.1, -0.05) is 12.1 Å². The second-order valence-electron chi connectivity index (χ2n) is 3.49. The Hall–Kier alpha value is -0.730. The quantitative estimate of drug-likeness (QED) is 0.784. The molecule has 0 heterocycles. The van der Waals surface area contributed by atoms with Gasteiger partial charge < -0.3 is 9.84 Å².